The van der Waals surface area contributed by atoms with E-state index in [1.54, 1.807) is 0 Å². The fraction of sp³-hybridized carbons (Fsp3) is 0.167. The number of carbonyl (C=O) groups is 1. The summed E-state index contributed by atoms with van der Waals surface area (Å²) in [5.41, 5.74) is 0.304. The van der Waals surface area contributed by atoms with Gasteiger partial charge < -0.3 is 9.15 Å². The Morgan fingerprint density at radius 3 is 2.80 bits per heavy atom. The highest BCUT2D eigenvalue weighted by atomic mass is 35.5. The number of hydrogen-bond donors (Lipinski definition) is 0. The second-order valence-electron chi connectivity index (χ2n) is 1.63. The molecule has 0 aromatic carbocycles. The first-order chi connectivity index (χ1) is 4.74. The SMILES string of the molecule is COc1cc(C(=O)Cl)co1. The molecule has 4 heteroatoms. The van der Waals surface area contributed by atoms with Crippen molar-refractivity contribution < 1.29 is 13.9 Å². The molecule has 1 heterocycles. The van der Waals surface area contributed by atoms with Gasteiger partial charge >= 0.3 is 0 Å². The molecule has 0 aliphatic heterocycles. The molecule has 0 fully saturated rings. The van der Waals surface area contributed by atoms with E-state index < -0.39 is 5.24 Å². The van der Waals surface area contributed by atoms with Crippen molar-refractivity contribution >= 4 is 16.8 Å². The molecule has 0 N–H and O–H groups in total. The van der Waals surface area contributed by atoms with Gasteiger partial charge in [0.15, 0.2) is 0 Å². The maximum absolute atomic E-state index is 10.4. The van der Waals surface area contributed by atoms with Crippen molar-refractivity contribution in [3.63, 3.8) is 0 Å². The normalized spacial score (nSPS) is 9.40. The lowest BCUT2D eigenvalue weighted by atomic mass is 10.4. The third kappa shape index (κ3) is 1.30. The summed E-state index contributed by atoms with van der Waals surface area (Å²) >= 11 is 5.12. The van der Waals surface area contributed by atoms with Crippen LogP contribution in [0.25, 0.3) is 0 Å². The predicted molar refractivity (Wildman–Crippen MR) is 35.4 cm³/mol. The number of hydrogen-bond acceptors (Lipinski definition) is 3. The number of carbonyl (C=O) groups excluding carboxylic acids is 1. The lowest BCUT2D eigenvalue weighted by molar-refractivity contribution is 0.108. The fourth-order valence-corrected chi connectivity index (χ4v) is 0.626. The molecule has 0 saturated heterocycles. The molecule has 0 aliphatic rings. The molecule has 0 radical (unpaired) electrons. The van der Waals surface area contributed by atoms with Gasteiger partial charge in [-0.3, -0.25) is 4.79 Å². The van der Waals surface area contributed by atoms with Crippen LogP contribution in [0.1, 0.15) is 10.4 Å². The summed E-state index contributed by atoms with van der Waals surface area (Å²) < 4.78 is 9.42. The van der Waals surface area contributed by atoms with Gasteiger partial charge in [-0.15, -0.1) is 0 Å². The molecule has 1 aromatic rings. The Balaban J connectivity index is 2.88. The van der Waals surface area contributed by atoms with Crippen LogP contribution in [-0.2, 0) is 0 Å². The standard InChI is InChI=1S/C6H5ClO3/c1-9-5-2-4(3-10-5)6(7)8/h2-3H,1H3. The maximum atomic E-state index is 10.4. The number of furan rings is 1. The fourth-order valence-electron chi connectivity index (χ4n) is 0.527. The first-order valence-corrected chi connectivity index (χ1v) is 2.94. The largest absolute Gasteiger partial charge is 0.468 e. The molecule has 1 aromatic heterocycles. The van der Waals surface area contributed by atoms with Gasteiger partial charge in [-0.05, 0) is 11.6 Å². The first kappa shape index (κ1) is 7.15. The van der Waals surface area contributed by atoms with E-state index in [2.05, 4.69) is 4.74 Å². The van der Waals surface area contributed by atoms with Crippen LogP contribution >= 0.6 is 11.6 Å². The van der Waals surface area contributed by atoms with Crippen molar-refractivity contribution in [2.24, 2.45) is 0 Å². The van der Waals surface area contributed by atoms with E-state index in [0.29, 0.717) is 5.56 Å². The Morgan fingerprint density at radius 1 is 1.80 bits per heavy atom. The van der Waals surface area contributed by atoms with Crippen LogP contribution in [0.4, 0.5) is 0 Å². The van der Waals surface area contributed by atoms with Crippen LogP contribution in [0.2, 0.25) is 0 Å². The quantitative estimate of drug-likeness (QED) is 0.618. The minimum Gasteiger partial charge on any atom is -0.468 e. The molecular weight excluding hydrogens is 156 g/mol. The first-order valence-electron chi connectivity index (χ1n) is 2.56. The smallest absolute Gasteiger partial charge is 0.284 e. The summed E-state index contributed by atoms with van der Waals surface area (Å²) in [6, 6.07) is 1.43. The highest BCUT2D eigenvalue weighted by molar-refractivity contribution is 6.67. The zero-order valence-electron chi connectivity index (χ0n) is 5.26. The average molecular weight is 161 g/mol. The van der Waals surface area contributed by atoms with Crippen LogP contribution < -0.4 is 4.74 Å². The van der Waals surface area contributed by atoms with E-state index in [0.717, 1.165) is 0 Å². The lowest BCUT2D eigenvalue weighted by Crippen LogP contribution is -1.82. The van der Waals surface area contributed by atoms with E-state index in [9.17, 15) is 4.79 Å². The zero-order chi connectivity index (χ0) is 7.56. The van der Waals surface area contributed by atoms with Crippen LogP contribution in [0.3, 0.4) is 0 Å². The summed E-state index contributed by atoms with van der Waals surface area (Å²) in [5, 5.41) is -0.549. The number of ether oxygens (including phenoxy) is 1. The van der Waals surface area contributed by atoms with Crippen molar-refractivity contribution in [2.75, 3.05) is 7.11 Å². The topological polar surface area (TPSA) is 39.4 Å². The highest BCUT2D eigenvalue weighted by Crippen LogP contribution is 2.16. The Morgan fingerprint density at radius 2 is 2.50 bits per heavy atom. The molecule has 0 amide bonds. The van der Waals surface area contributed by atoms with E-state index in [1.165, 1.54) is 19.4 Å². The average Bonchev–Trinajstić information content (AvgIpc) is 2.34. The summed E-state index contributed by atoms with van der Waals surface area (Å²) in [7, 11) is 1.45. The Kier molecular flexibility index (Phi) is 1.97. The molecule has 54 valence electrons. The van der Waals surface area contributed by atoms with Gasteiger partial charge in [0.1, 0.15) is 6.26 Å². The Bertz CT molecular complexity index is 241. The van der Waals surface area contributed by atoms with E-state index >= 15 is 0 Å². The summed E-state index contributed by atoms with van der Waals surface area (Å²) in [5.74, 6) is 0.281. The van der Waals surface area contributed by atoms with Gasteiger partial charge in [-0.25, -0.2) is 0 Å². The lowest BCUT2D eigenvalue weighted by Gasteiger charge is -1.86. The van der Waals surface area contributed by atoms with Gasteiger partial charge in [0.25, 0.3) is 11.2 Å². The van der Waals surface area contributed by atoms with Crippen molar-refractivity contribution in [1.29, 1.82) is 0 Å². The van der Waals surface area contributed by atoms with Gasteiger partial charge in [-0.1, -0.05) is 0 Å². The molecule has 10 heavy (non-hydrogen) atoms. The van der Waals surface area contributed by atoms with Gasteiger partial charge in [0.05, 0.1) is 12.7 Å². The number of halogens is 1. The molecule has 0 spiro atoms. The number of rotatable bonds is 2. The van der Waals surface area contributed by atoms with Gasteiger partial charge in [0.2, 0.25) is 0 Å². The van der Waals surface area contributed by atoms with Crippen molar-refractivity contribution in [1.82, 2.24) is 0 Å². The Labute approximate surface area is 62.5 Å². The highest BCUT2D eigenvalue weighted by Gasteiger charge is 2.06. The minimum absolute atomic E-state index is 0.281. The van der Waals surface area contributed by atoms with E-state index in [1.807, 2.05) is 0 Å². The Hall–Kier alpha value is -0.960. The third-order valence-electron chi connectivity index (χ3n) is 1.00. The van der Waals surface area contributed by atoms with E-state index in [-0.39, 0.29) is 5.95 Å². The molecule has 0 atom stereocenters. The molecule has 1 rings (SSSR count). The summed E-state index contributed by atoms with van der Waals surface area (Å²) in [6.45, 7) is 0. The number of methoxy groups -OCH3 is 1. The molecule has 0 aliphatic carbocycles. The van der Waals surface area contributed by atoms with Crippen LogP contribution in [0.15, 0.2) is 16.7 Å². The molecule has 0 bridgehead atoms. The second-order valence-corrected chi connectivity index (χ2v) is 1.98. The van der Waals surface area contributed by atoms with Gasteiger partial charge in [-0.2, -0.15) is 0 Å². The predicted octanol–water partition coefficient (Wildman–Crippen LogP) is 1.67. The van der Waals surface area contributed by atoms with E-state index in [4.69, 9.17) is 16.0 Å². The van der Waals surface area contributed by atoms with Crippen LogP contribution in [0, 0.1) is 0 Å². The monoisotopic (exact) mass is 160 g/mol. The molecule has 3 nitrogen and oxygen atoms in total. The second kappa shape index (κ2) is 2.75. The van der Waals surface area contributed by atoms with Gasteiger partial charge in [0, 0.05) is 6.07 Å². The van der Waals surface area contributed by atoms with Crippen LogP contribution in [-0.4, -0.2) is 12.4 Å². The van der Waals surface area contributed by atoms with Crippen molar-refractivity contribution in [3.05, 3.63) is 17.9 Å². The van der Waals surface area contributed by atoms with Crippen LogP contribution in [0.5, 0.6) is 5.95 Å². The van der Waals surface area contributed by atoms with Crippen molar-refractivity contribution in [2.45, 2.75) is 0 Å². The third-order valence-corrected chi connectivity index (χ3v) is 1.22. The maximum Gasteiger partial charge on any atom is 0.284 e. The van der Waals surface area contributed by atoms with Crippen molar-refractivity contribution in [3.8, 4) is 5.95 Å². The summed E-state index contributed by atoms with van der Waals surface area (Å²) in [6.07, 6.45) is 1.24. The summed E-state index contributed by atoms with van der Waals surface area (Å²) in [4.78, 5) is 10.4. The molecular formula is C6H5ClO3. The zero-order valence-corrected chi connectivity index (χ0v) is 6.01. The minimum atomic E-state index is -0.549. The molecule has 0 saturated carbocycles. The molecule has 0 unspecified atom stereocenters.